The summed E-state index contributed by atoms with van der Waals surface area (Å²) in [5, 5.41) is 13.6. The van der Waals surface area contributed by atoms with Crippen molar-refractivity contribution >= 4 is 17.5 Å². The molecule has 0 fully saturated rings. The van der Waals surface area contributed by atoms with Gasteiger partial charge in [-0.3, -0.25) is 10.1 Å². The van der Waals surface area contributed by atoms with Gasteiger partial charge in [0.15, 0.2) is 0 Å². The summed E-state index contributed by atoms with van der Waals surface area (Å²) in [6.07, 6.45) is 4.02. The van der Waals surface area contributed by atoms with E-state index in [2.05, 4.69) is 25.3 Å². The van der Waals surface area contributed by atoms with Gasteiger partial charge in [-0.2, -0.15) is 4.98 Å². The molecule has 0 spiro atoms. The zero-order valence-corrected chi connectivity index (χ0v) is 9.15. The molecule has 3 N–H and O–H groups in total. The molecular weight excluding hydrogens is 238 g/mol. The van der Waals surface area contributed by atoms with Gasteiger partial charge >= 0.3 is 5.69 Å². The Bertz CT molecular complexity index is 560. The third kappa shape index (κ3) is 2.64. The Hall–Kier alpha value is -2.84. The van der Waals surface area contributed by atoms with Gasteiger partial charge < -0.3 is 11.1 Å². The fourth-order valence-corrected chi connectivity index (χ4v) is 1.25. The van der Waals surface area contributed by atoms with Gasteiger partial charge in [0.25, 0.3) is 0 Å². The largest absolute Gasteiger partial charge is 0.368 e. The van der Waals surface area contributed by atoms with E-state index in [1.54, 1.807) is 12.3 Å². The van der Waals surface area contributed by atoms with Gasteiger partial charge in [-0.1, -0.05) is 0 Å². The number of aromatic nitrogens is 4. The molecule has 0 atom stereocenters. The van der Waals surface area contributed by atoms with E-state index in [1.165, 1.54) is 6.33 Å². The predicted octanol–water partition coefficient (Wildman–Crippen LogP) is 0.369. The van der Waals surface area contributed by atoms with Crippen molar-refractivity contribution in [1.82, 2.24) is 19.9 Å². The minimum absolute atomic E-state index is 0.0363. The molecule has 0 aliphatic carbocycles. The van der Waals surface area contributed by atoms with E-state index in [0.29, 0.717) is 5.69 Å². The second kappa shape index (κ2) is 4.99. The van der Waals surface area contributed by atoms with E-state index < -0.39 is 4.92 Å². The van der Waals surface area contributed by atoms with Crippen LogP contribution in [0.3, 0.4) is 0 Å². The summed E-state index contributed by atoms with van der Waals surface area (Å²) in [6, 6.07) is 1.68. The molecule has 2 heterocycles. The van der Waals surface area contributed by atoms with Crippen LogP contribution in [-0.2, 0) is 6.54 Å². The lowest BCUT2D eigenvalue weighted by molar-refractivity contribution is -0.384. The summed E-state index contributed by atoms with van der Waals surface area (Å²) in [5.74, 6) is 0.0249. The molecule has 0 saturated carbocycles. The summed E-state index contributed by atoms with van der Waals surface area (Å²) >= 11 is 0. The Balaban J connectivity index is 2.18. The molecule has 2 aromatic heterocycles. The van der Waals surface area contributed by atoms with Crippen molar-refractivity contribution < 1.29 is 4.92 Å². The van der Waals surface area contributed by atoms with Gasteiger partial charge in [-0.15, -0.1) is 0 Å². The van der Waals surface area contributed by atoms with Crippen LogP contribution in [0.4, 0.5) is 17.5 Å². The minimum Gasteiger partial charge on any atom is -0.368 e. The van der Waals surface area contributed by atoms with Gasteiger partial charge in [0.05, 0.1) is 17.2 Å². The van der Waals surface area contributed by atoms with Gasteiger partial charge in [0, 0.05) is 6.20 Å². The van der Waals surface area contributed by atoms with Crippen molar-refractivity contribution in [3.8, 4) is 0 Å². The van der Waals surface area contributed by atoms with E-state index in [0.717, 1.165) is 6.20 Å². The molecular formula is C9H9N7O2. The number of nitro groups is 1. The molecule has 0 bridgehead atoms. The molecule has 0 aromatic carbocycles. The first-order valence-electron chi connectivity index (χ1n) is 4.92. The molecule has 9 nitrogen and oxygen atoms in total. The molecule has 18 heavy (non-hydrogen) atoms. The van der Waals surface area contributed by atoms with Crippen LogP contribution >= 0.6 is 0 Å². The van der Waals surface area contributed by atoms with Crippen LogP contribution in [0.1, 0.15) is 5.69 Å². The Morgan fingerprint density at radius 1 is 1.44 bits per heavy atom. The summed E-state index contributed by atoms with van der Waals surface area (Å²) in [6.45, 7) is 0.278. The number of hydrogen-bond acceptors (Lipinski definition) is 8. The first-order valence-corrected chi connectivity index (χ1v) is 4.92. The third-order valence-corrected chi connectivity index (χ3v) is 2.06. The standard InChI is InChI=1S/C9H9N7O2/c10-9-13-4-7(16(17)18)8(15-9)12-3-6-1-2-11-5-14-6/h1-2,4-5H,3H2,(H3,10,12,13,15). The fraction of sp³-hybridized carbons (Fsp3) is 0.111. The lowest BCUT2D eigenvalue weighted by Crippen LogP contribution is -2.08. The van der Waals surface area contributed by atoms with Crippen LogP contribution in [0, 0.1) is 10.1 Å². The average Bonchev–Trinajstić information content (AvgIpc) is 2.37. The van der Waals surface area contributed by atoms with Gasteiger partial charge in [-0.05, 0) is 6.07 Å². The van der Waals surface area contributed by atoms with Gasteiger partial charge in [0.2, 0.25) is 11.8 Å². The quantitative estimate of drug-likeness (QED) is 0.584. The highest BCUT2D eigenvalue weighted by molar-refractivity contribution is 5.56. The van der Waals surface area contributed by atoms with Crippen LogP contribution in [-0.4, -0.2) is 24.9 Å². The molecule has 0 aliphatic heterocycles. The second-order valence-electron chi connectivity index (χ2n) is 3.27. The number of hydrogen-bond donors (Lipinski definition) is 2. The normalized spacial score (nSPS) is 10.0. The Morgan fingerprint density at radius 2 is 2.28 bits per heavy atom. The maximum absolute atomic E-state index is 10.8. The monoisotopic (exact) mass is 247 g/mol. The van der Waals surface area contributed by atoms with Gasteiger partial charge in [0.1, 0.15) is 12.5 Å². The first-order chi connectivity index (χ1) is 8.66. The first kappa shape index (κ1) is 11.6. The van der Waals surface area contributed by atoms with E-state index in [9.17, 15) is 10.1 Å². The molecule has 0 aliphatic rings. The number of rotatable bonds is 4. The molecule has 9 heteroatoms. The average molecular weight is 247 g/mol. The molecule has 0 saturated heterocycles. The highest BCUT2D eigenvalue weighted by Gasteiger charge is 2.16. The maximum Gasteiger partial charge on any atom is 0.329 e. The van der Waals surface area contributed by atoms with Crippen molar-refractivity contribution in [3.05, 3.63) is 40.6 Å². The highest BCUT2D eigenvalue weighted by Crippen LogP contribution is 2.21. The number of anilines is 2. The summed E-state index contributed by atoms with van der Waals surface area (Å²) in [7, 11) is 0. The second-order valence-corrected chi connectivity index (χ2v) is 3.27. The Kier molecular flexibility index (Phi) is 3.23. The van der Waals surface area contributed by atoms with Crippen molar-refractivity contribution in [2.75, 3.05) is 11.1 Å². The zero-order chi connectivity index (χ0) is 13.0. The fourth-order valence-electron chi connectivity index (χ4n) is 1.25. The maximum atomic E-state index is 10.8. The Labute approximate surface area is 101 Å². The van der Waals surface area contributed by atoms with Crippen LogP contribution in [0.15, 0.2) is 24.8 Å². The summed E-state index contributed by atoms with van der Waals surface area (Å²) in [5.41, 5.74) is 5.83. The minimum atomic E-state index is -0.582. The van der Waals surface area contributed by atoms with Crippen molar-refractivity contribution in [2.24, 2.45) is 0 Å². The van der Waals surface area contributed by atoms with Crippen LogP contribution < -0.4 is 11.1 Å². The smallest absolute Gasteiger partial charge is 0.329 e. The summed E-state index contributed by atoms with van der Waals surface area (Å²) in [4.78, 5) is 25.3. The van der Waals surface area contributed by atoms with Gasteiger partial charge in [-0.25, -0.2) is 15.0 Å². The molecule has 2 rings (SSSR count). The van der Waals surface area contributed by atoms with E-state index in [-0.39, 0.29) is 24.0 Å². The highest BCUT2D eigenvalue weighted by atomic mass is 16.6. The zero-order valence-electron chi connectivity index (χ0n) is 9.15. The molecule has 0 amide bonds. The molecule has 0 radical (unpaired) electrons. The molecule has 92 valence electrons. The van der Waals surface area contributed by atoms with Crippen LogP contribution in [0.5, 0.6) is 0 Å². The van der Waals surface area contributed by atoms with E-state index >= 15 is 0 Å². The summed E-state index contributed by atoms with van der Waals surface area (Å²) < 4.78 is 0. The van der Waals surface area contributed by atoms with Crippen molar-refractivity contribution in [3.63, 3.8) is 0 Å². The van der Waals surface area contributed by atoms with Crippen LogP contribution in [0.2, 0.25) is 0 Å². The van der Waals surface area contributed by atoms with Crippen molar-refractivity contribution in [1.29, 1.82) is 0 Å². The number of nitrogens with two attached hydrogens (primary N) is 1. The Morgan fingerprint density at radius 3 is 2.94 bits per heavy atom. The van der Waals surface area contributed by atoms with E-state index in [1.807, 2.05) is 0 Å². The molecule has 2 aromatic rings. The third-order valence-electron chi connectivity index (χ3n) is 2.06. The topological polar surface area (TPSA) is 133 Å². The SMILES string of the molecule is Nc1ncc([N+](=O)[O-])c(NCc2ccncn2)n1. The number of nitrogen functional groups attached to an aromatic ring is 1. The lowest BCUT2D eigenvalue weighted by Gasteiger charge is -2.05. The van der Waals surface area contributed by atoms with E-state index in [4.69, 9.17) is 5.73 Å². The number of nitrogens with one attached hydrogen (secondary N) is 1. The lowest BCUT2D eigenvalue weighted by atomic mass is 10.4. The number of nitrogens with zero attached hydrogens (tertiary/aromatic N) is 5. The van der Waals surface area contributed by atoms with Crippen LogP contribution in [0.25, 0.3) is 0 Å². The molecule has 0 unspecified atom stereocenters. The predicted molar refractivity (Wildman–Crippen MR) is 62.5 cm³/mol. The van der Waals surface area contributed by atoms with Crippen molar-refractivity contribution in [2.45, 2.75) is 6.54 Å².